The normalized spacial score (nSPS) is 29.5. The van der Waals surface area contributed by atoms with Crippen LogP contribution in [0.3, 0.4) is 0 Å². The molecule has 2 aliphatic rings. The van der Waals surface area contributed by atoms with Crippen molar-refractivity contribution < 1.29 is 14.3 Å². The van der Waals surface area contributed by atoms with E-state index in [4.69, 9.17) is 4.74 Å². The van der Waals surface area contributed by atoms with E-state index in [0.717, 1.165) is 25.0 Å². The number of hydrogen-bond donors (Lipinski definition) is 0. The highest BCUT2D eigenvalue weighted by Gasteiger charge is 2.49. The number of rotatable bonds is 2. The van der Waals surface area contributed by atoms with Crippen LogP contribution in [0.1, 0.15) is 26.2 Å². The zero-order chi connectivity index (χ0) is 14.3. The monoisotopic (exact) mass is 273 g/mol. The smallest absolute Gasteiger partial charge is 0.237 e. The maximum atomic E-state index is 12.5. The van der Waals surface area contributed by atoms with Crippen molar-refractivity contribution in [2.45, 2.75) is 26.2 Å². The third kappa shape index (κ3) is 1.99. The average Bonchev–Trinajstić information content (AvgIpc) is 2.71. The fourth-order valence-corrected chi connectivity index (χ4v) is 3.38. The van der Waals surface area contributed by atoms with Crippen LogP contribution < -0.4 is 9.64 Å². The van der Waals surface area contributed by atoms with Gasteiger partial charge in [-0.3, -0.25) is 14.5 Å². The van der Waals surface area contributed by atoms with Gasteiger partial charge in [0.2, 0.25) is 11.8 Å². The lowest BCUT2D eigenvalue weighted by molar-refractivity contribution is -0.122. The number of methoxy groups -OCH3 is 1. The molecule has 1 heterocycles. The number of imide groups is 1. The van der Waals surface area contributed by atoms with Gasteiger partial charge in [-0.2, -0.15) is 0 Å². The van der Waals surface area contributed by atoms with Crippen LogP contribution in [0.5, 0.6) is 5.75 Å². The van der Waals surface area contributed by atoms with Crippen molar-refractivity contribution in [3.05, 3.63) is 24.3 Å². The quantitative estimate of drug-likeness (QED) is 0.778. The Hall–Kier alpha value is -1.84. The molecule has 3 atom stereocenters. The van der Waals surface area contributed by atoms with Crippen LogP contribution in [0.4, 0.5) is 5.69 Å². The first-order valence-electron chi connectivity index (χ1n) is 7.13. The van der Waals surface area contributed by atoms with Crippen LogP contribution in [0.25, 0.3) is 0 Å². The van der Waals surface area contributed by atoms with Crippen molar-refractivity contribution in [1.29, 1.82) is 0 Å². The molecule has 106 valence electrons. The molecule has 3 rings (SSSR count). The van der Waals surface area contributed by atoms with E-state index in [1.807, 2.05) is 0 Å². The average molecular weight is 273 g/mol. The molecule has 1 aliphatic heterocycles. The molecule has 0 N–H and O–H groups in total. The molecule has 2 amide bonds. The van der Waals surface area contributed by atoms with Gasteiger partial charge in [0.1, 0.15) is 5.75 Å². The Bertz CT molecular complexity index is 537. The molecule has 2 fully saturated rings. The third-order valence-corrected chi connectivity index (χ3v) is 4.52. The summed E-state index contributed by atoms with van der Waals surface area (Å²) < 4.78 is 5.11. The number of anilines is 1. The molecule has 0 radical (unpaired) electrons. The van der Waals surface area contributed by atoms with Crippen molar-refractivity contribution in [2.24, 2.45) is 17.8 Å². The van der Waals surface area contributed by atoms with E-state index in [-0.39, 0.29) is 23.7 Å². The minimum absolute atomic E-state index is 0.0305. The zero-order valence-electron chi connectivity index (χ0n) is 11.8. The molecular formula is C16H19NO3. The summed E-state index contributed by atoms with van der Waals surface area (Å²) >= 11 is 0. The highest BCUT2D eigenvalue weighted by Crippen LogP contribution is 2.42. The Balaban J connectivity index is 1.89. The Kier molecular flexibility index (Phi) is 3.24. The number of carbonyl (C=O) groups is 2. The van der Waals surface area contributed by atoms with Gasteiger partial charge in [-0.25, -0.2) is 0 Å². The predicted molar refractivity (Wildman–Crippen MR) is 75.5 cm³/mol. The first-order chi connectivity index (χ1) is 9.61. The maximum absolute atomic E-state index is 12.5. The second-order valence-electron chi connectivity index (χ2n) is 5.84. The fraction of sp³-hybridized carbons (Fsp3) is 0.500. The summed E-state index contributed by atoms with van der Waals surface area (Å²) in [6, 6.07) is 7.10. The summed E-state index contributed by atoms with van der Waals surface area (Å²) in [5.74, 6) is 0.964. The van der Waals surface area contributed by atoms with Crippen LogP contribution in [0.15, 0.2) is 24.3 Å². The Labute approximate surface area is 118 Å². The van der Waals surface area contributed by atoms with E-state index >= 15 is 0 Å². The van der Waals surface area contributed by atoms with Gasteiger partial charge in [-0.15, -0.1) is 0 Å². The Morgan fingerprint density at radius 3 is 2.35 bits per heavy atom. The molecule has 1 saturated heterocycles. The minimum Gasteiger partial charge on any atom is -0.497 e. The number of amides is 2. The number of fused-ring (bicyclic) bond motifs is 1. The van der Waals surface area contributed by atoms with E-state index < -0.39 is 0 Å². The predicted octanol–water partition coefficient (Wildman–Crippen LogP) is 2.62. The summed E-state index contributed by atoms with van der Waals surface area (Å²) in [6.07, 6.45) is 2.71. The van der Waals surface area contributed by atoms with Gasteiger partial charge < -0.3 is 4.74 Å². The van der Waals surface area contributed by atoms with Gasteiger partial charge in [-0.05, 0) is 49.4 Å². The number of ether oxygens (including phenoxy) is 1. The van der Waals surface area contributed by atoms with Crippen LogP contribution >= 0.6 is 0 Å². The summed E-state index contributed by atoms with van der Waals surface area (Å²) in [4.78, 5) is 26.4. The van der Waals surface area contributed by atoms with Crippen molar-refractivity contribution in [3.63, 3.8) is 0 Å². The molecule has 1 aromatic rings. The minimum atomic E-state index is -0.117. The van der Waals surface area contributed by atoms with Gasteiger partial charge in [0, 0.05) is 0 Å². The summed E-state index contributed by atoms with van der Waals surface area (Å²) in [7, 11) is 1.59. The van der Waals surface area contributed by atoms with E-state index in [0.29, 0.717) is 11.6 Å². The van der Waals surface area contributed by atoms with Crippen molar-refractivity contribution in [3.8, 4) is 5.75 Å². The largest absolute Gasteiger partial charge is 0.497 e. The molecule has 0 aromatic heterocycles. The standard InChI is InChI=1S/C16H19NO3/c1-10-3-8-13-14(9-10)16(19)17(15(13)18)11-4-6-12(20-2)7-5-11/h4-7,10,13-14H,3,8-9H2,1-2H3/t10-,13-,14+/m1/s1. The van der Waals surface area contributed by atoms with Crippen LogP contribution in [-0.4, -0.2) is 18.9 Å². The van der Waals surface area contributed by atoms with Gasteiger partial charge >= 0.3 is 0 Å². The van der Waals surface area contributed by atoms with E-state index in [9.17, 15) is 9.59 Å². The first kappa shape index (κ1) is 13.2. The number of nitrogens with zero attached hydrogens (tertiary/aromatic N) is 1. The van der Waals surface area contributed by atoms with Crippen molar-refractivity contribution in [2.75, 3.05) is 12.0 Å². The Morgan fingerprint density at radius 2 is 1.70 bits per heavy atom. The third-order valence-electron chi connectivity index (χ3n) is 4.52. The van der Waals surface area contributed by atoms with E-state index in [1.165, 1.54) is 4.90 Å². The molecule has 1 aromatic carbocycles. The lowest BCUT2D eigenvalue weighted by Crippen LogP contribution is -2.30. The SMILES string of the molecule is COc1ccc(N2C(=O)[C@H]3C[C@H](C)CC[C@H]3C2=O)cc1. The molecule has 1 saturated carbocycles. The van der Waals surface area contributed by atoms with Gasteiger partial charge in [-0.1, -0.05) is 6.92 Å². The van der Waals surface area contributed by atoms with Gasteiger partial charge in [0.15, 0.2) is 0 Å². The molecule has 0 bridgehead atoms. The first-order valence-corrected chi connectivity index (χ1v) is 7.13. The molecular weight excluding hydrogens is 254 g/mol. The van der Waals surface area contributed by atoms with E-state index in [2.05, 4.69) is 6.92 Å². The second kappa shape index (κ2) is 4.93. The highest BCUT2D eigenvalue weighted by molar-refractivity contribution is 6.22. The van der Waals surface area contributed by atoms with Crippen LogP contribution in [-0.2, 0) is 9.59 Å². The molecule has 4 heteroatoms. The molecule has 20 heavy (non-hydrogen) atoms. The van der Waals surface area contributed by atoms with Crippen LogP contribution in [0.2, 0.25) is 0 Å². The number of carbonyl (C=O) groups excluding carboxylic acids is 2. The summed E-state index contributed by atoms with van der Waals surface area (Å²) in [5.41, 5.74) is 0.655. The Morgan fingerprint density at radius 1 is 1.05 bits per heavy atom. The van der Waals surface area contributed by atoms with Gasteiger partial charge in [0.25, 0.3) is 0 Å². The molecule has 0 unspecified atom stereocenters. The summed E-state index contributed by atoms with van der Waals surface area (Å²) in [5, 5.41) is 0. The summed E-state index contributed by atoms with van der Waals surface area (Å²) in [6.45, 7) is 2.16. The van der Waals surface area contributed by atoms with Gasteiger partial charge in [0.05, 0.1) is 24.6 Å². The second-order valence-corrected chi connectivity index (χ2v) is 5.84. The molecule has 0 spiro atoms. The zero-order valence-corrected chi connectivity index (χ0v) is 11.8. The lowest BCUT2D eigenvalue weighted by Gasteiger charge is -2.25. The number of hydrogen-bond acceptors (Lipinski definition) is 3. The van der Waals surface area contributed by atoms with Crippen LogP contribution in [0, 0.1) is 17.8 Å². The topological polar surface area (TPSA) is 46.6 Å². The molecule has 1 aliphatic carbocycles. The lowest BCUT2D eigenvalue weighted by atomic mass is 9.76. The highest BCUT2D eigenvalue weighted by atomic mass is 16.5. The van der Waals surface area contributed by atoms with E-state index in [1.54, 1.807) is 31.4 Å². The number of benzene rings is 1. The molecule has 4 nitrogen and oxygen atoms in total. The van der Waals surface area contributed by atoms with Crippen molar-refractivity contribution >= 4 is 17.5 Å². The van der Waals surface area contributed by atoms with Crippen molar-refractivity contribution in [1.82, 2.24) is 0 Å². The maximum Gasteiger partial charge on any atom is 0.237 e. The fourth-order valence-electron chi connectivity index (χ4n) is 3.38.